The van der Waals surface area contributed by atoms with Gasteiger partial charge in [-0.3, -0.25) is 0 Å². The average molecular weight is 353 g/mol. The highest BCUT2D eigenvalue weighted by molar-refractivity contribution is 7.15. The number of hydrogen-bond acceptors (Lipinski definition) is 6. The Morgan fingerprint density at radius 2 is 2.00 bits per heavy atom. The molecule has 1 aromatic carbocycles. The zero-order valence-electron chi connectivity index (χ0n) is 14.2. The summed E-state index contributed by atoms with van der Waals surface area (Å²) in [5, 5.41) is 18.9. The van der Waals surface area contributed by atoms with E-state index < -0.39 is 0 Å². The fraction of sp³-hybridized carbons (Fsp3) is 0.263. The van der Waals surface area contributed by atoms with Crippen molar-refractivity contribution >= 4 is 17.2 Å². The summed E-state index contributed by atoms with van der Waals surface area (Å²) in [5.41, 5.74) is 2.86. The van der Waals surface area contributed by atoms with Crippen LogP contribution in [-0.4, -0.2) is 28.5 Å². The predicted octanol–water partition coefficient (Wildman–Crippen LogP) is 3.93. The van der Waals surface area contributed by atoms with Crippen LogP contribution in [0.25, 0.3) is 10.4 Å². The zero-order valence-corrected chi connectivity index (χ0v) is 15.0. The molecule has 0 saturated heterocycles. The Morgan fingerprint density at radius 1 is 1.12 bits per heavy atom. The summed E-state index contributed by atoms with van der Waals surface area (Å²) in [4.78, 5) is 4.51. The minimum Gasteiger partial charge on any atom is -0.504 e. The number of nitrogens with zero attached hydrogens (tertiary/aromatic N) is 3. The van der Waals surface area contributed by atoms with Gasteiger partial charge in [0.05, 0.1) is 12.2 Å². The molecular weight excluding hydrogens is 334 g/mol. The number of rotatable bonds is 2. The average Bonchev–Trinajstić information content (AvgIpc) is 2.91. The number of thiophene rings is 1. The van der Waals surface area contributed by atoms with Crippen LogP contribution in [0.2, 0.25) is 0 Å². The topological polar surface area (TPSA) is 58.5 Å². The van der Waals surface area contributed by atoms with Crippen LogP contribution >= 0.6 is 11.3 Å². The van der Waals surface area contributed by atoms with Gasteiger partial charge in [-0.05, 0) is 55.8 Å². The molecule has 0 unspecified atom stereocenters. The van der Waals surface area contributed by atoms with Crippen LogP contribution in [0.4, 0.5) is 5.82 Å². The predicted molar refractivity (Wildman–Crippen MR) is 99.5 cm³/mol. The number of ether oxygens (including phenoxy) is 1. The van der Waals surface area contributed by atoms with Crippen LogP contribution in [0.5, 0.6) is 11.5 Å². The summed E-state index contributed by atoms with van der Waals surface area (Å²) >= 11 is 1.72. The summed E-state index contributed by atoms with van der Waals surface area (Å²) in [6.45, 7) is 5.81. The molecule has 0 fully saturated rings. The van der Waals surface area contributed by atoms with Crippen molar-refractivity contribution in [2.45, 2.75) is 20.4 Å². The Kier molecular flexibility index (Phi) is 4.05. The first kappa shape index (κ1) is 15.9. The summed E-state index contributed by atoms with van der Waals surface area (Å²) in [7, 11) is 0. The van der Waals surface area contributed by atoms with Crippen LogP contribution in [0.15, 0.2) is 36.4 Å². The lowest BCUT2D eigenvalue weighted by Gasteiger charge is -2.20. The quantitative estimate of drug-likeness (QED) is 0.756. The fourth-order valence-electron chi connectivity index (χ4n) is 2.99. The third-order valence-corrected chi connectivity index (χ3v) is 5.30. The first-order chi connectivity index (χ1) is 12.1. The van der Waals surface area contributed by atoms with Crippen molar-refractivity contribution in [1.29, 1.82) is 0 Å². The molecule has 25 heavy (non-hydrogen) atoms. The number of aromatic hydroxyl groups is 1. The van der Waals surface area contributed by atoms with Crippen molar-refractivity contribution in [3.8, 4) is 21.9 Å². The SMILES string of the molecule is Cc1ccc(N2CCOc3c(O)cc(-c4ccc(C)s4)cc3C2)nn1. The molecule has 3 aromatic rings. The molecule has 4 rings (SSSR count). The number of aryl methyl sites for hydroxylation is 2. The molecule has 6 heteroatoms. The summed E-state index contributed by atoms with van der Waals surface area (Å²) < 4.78 is 5.81. The van der Waals surface area contributed by atoms with E-state index in [-0.39, 0.29) is 5.75 Å². The number of aromatic nitrogens is 2. The molecule has 128 valence electrons. The molecule has 3 heterocycles. The van der Waals surface area contributed by atoms with Crippen molar-refractivity contribution in [3.63, 3.8) is 0 Å². The third kappa shape index (κ3) is 3.17. The van der Waals surface area contributed by atoms with E-state index in [9.17, 15) is 5.11 Å². The van der Waals surface area contributed by atoms with E-state index in [1.165, 1.54) is 4.88 Å². The first-order valence-electron chi connectivity index (χ1n) is 8.21. The number of benzene rings is 1. The Balaban J connectivity index is 1.72. The number of phenolic OH excluding ortho intramolecular Hbond substituents is 1. The van der Waals surface area contributed by atoms with Crippen LogP contribution in [-0.2, 0) is 6.54 Å². The highest BCUT2D eigenvalue weighted by atomic mass is 32.1. The maximum Gasteiger partial charge on any atom is 0.166 e. The van der Waals surface area contributed by atoms with Gasteiger partial charge in [-0.2, -0.15) is 5.10 Å². The van der Waals surface area contributed by atoms with Crippen molar-refractivity contribution < 1.29 is 9.84 Å². The maximum atomic E-state index is 10.5. The molecule has 0 amide bonds. The largest absolute Gasteiger partial charge is 0.504 e. The zero-order chi connectivity index (χ0) is 17.4. The molecular formula is C19H19N3O2S. The molecule has 0 spiro atoms. The van der Waals surface area contributed by atoms with Gasteiger partial charge in [0.2, 0.25) is 0 Å². The Labute approximate surface area is 150 Å². The van der Waals surface area contributed by atoms with Crippen LogP contribution in [0.1, 0.15) is 16.1 Å². The smallest absolute Gasteiger partial charge is 0.166 e. The van der Waals surface area contributed by atoms with Crippen LogP contribution < -0.4 is 9.64 Å². The minimum absolute atomic E-state index is 0.190. The van der Waals surface area contributed by atoms with Crippen LogP contribution in [0, 0.1) is 13.8 Å². The molecule has 1 N–H and O–H groups in total. The second-order valence-corrected chi connectivity index (χ2v) is 7.48. The number of phenols is 1. The van der Waals surface area contributed by atoms with E-state index in [0.717, 1.165) is 27.5 Å². The Bertz CT molecular complexity index is 906. The third-order valence-electron chi connectivity index (χ3n) is 4.25. The highest BCUT2D eigenvalue weighted by Crippen LogP contribution is 2.39. The van der Waals surface area contributed by atoms with Gasteiger partial charge in [-0.1, -0.05) is 0 Å². The molecule has 5 nitrogen and oxygen atoms in total. The highest BCUT2D eigenvalue weighted by Gasteiger charge is 2.21. The Hall–Kier alpha value is -2.60. The maximum absolute atomic E-state index is 10.5. The van der Waals surface area contributed by atoms with E-state index in [4.69, 9.17) is 4.74 Å². The van der Waals surface area contributed by atoms with Gasteiger partial charge in [0.25, 0.3) is 0 Å². The molecule has 0 atom stereocenters. The summed E-state index contributed by atoms with van der Waals surface area (Å²) in [5.74, 6) is 1.58. The molecule has 2 aromatic heterocycles. The van der Waals surface area contributed by atoms with E-state index in [0.29, 0.717) is 25.4 Å². The van der Waals surface area contributed by atoms with Crippen molar-refractivity contribution in [1.82, 2.24) is 10.2 Å². The van der Waals surface area contributed by atoms with Gasteiger partial charge in [0, 0.05) is 21.9 Å². The van der Waals surface area contributed by atoms with Gasteiger partial charge in [-0.15, -0.1) is 16.4 Å². The van der Waals surface area contributed by atoms with Gasteiger partial charge in [0.15, 0.2) is 17.3 Å². The lowest BCUT2D eigenvalue weighted by molar-refractivity contribution is 0.311. The van der Waals surface area contributed by atoms with E-state index in [1.807, 2.05) is 19.1 Å². The second-order valence-electron chi connectivity index (χ2n) is 6.20. The van der Waals surface area contributed by atoms with Crippen LogP contribution in [0.3, 0.4) is 0 Å². The van der Waals surface area contributed by atoms with E-state index in [2.05, 4.69) is 40.2 Å². The molecule has 0 radical (unpaired) electrons. The van der Waals surface area contributed by atoms with E-state index in [1.54, 1.807) is 17.4 Å². The van der Waals surface area contributed by atoms with Gasteiger partial charge in [0.1, 0.15) is 6.61 Å². The van der Waals surface area contributed by atoms with Gasteiger partial charge in [-0.25, -0.2) is 0 Å². The van der Waals surface area contributed by atoms with E-state index >= 15 is 0 Å². The number of hydrogen-bond donors (Lipinski definition) is 1. The molecule has 1 aliphatic heterocycles. The second kappa shape index (κ2) is 6.37. The Morgan fingerprint density at radius 3 is 2.72 bits per heavy atom. The van der Waals surface area contributed by atoms with Gasteiger partial charge >= 0.3 is 0 Å². The number of fused-ring (bicyclic) bond motifs is 1. The first-order valence-corrected chi connectivity index (χ1v) is 9.02. The molecule has 1 aliphatic rings. The molecule has 0 bridgehead atoms. The van der Waals surface area contributed by atoms with Crippen molar-refractivity contribution in [2.24, 2.45) is 0 Å². The lowest BCUT2D eigenvalue weighted by atomic mass is 10.1. The lowest BCUT2D eigenvalue weighted by Crippen LogP contribution is -2.26. The minimum atomic E-state index is 0.190. The van der Waals surface area contributed by atoms with Crippen molar-refractivity contribution in [3.05, 3.63) is 52.5 Å². The summed E-state index contributed by atoms with van der Waals surface area (Å²) in [6, 6.07) is 12.0. The monoisotopic (exact) mass is 353 g/mol. The number of anilines is 1. The molecule has 0 saturated carbocycles. The fourth-order valence-corrected chi connectivity index (χ4v) is 3.84. The van der Waals surface area contributed by atoms with Gasteiger partial charge < -0.3 is 14.7 Å². The summed E-state index contributed by atoms with van der Waals surface area (Å²) in [6.07, 6.45) is 0. The molecule has 0 aliphatic carbocycles. The normalized spacial score (nSPS) is 13.9. The standard InChI is InChI=1S/C19H19N3O2S/c1-12-3-6-18(21-20-12)22-7-8-24-19-15(11-22)9-14(10-16(19)23)17-5-4-13(2)25-17/h3-6,9-10,23H,7-8,11H2,1-2H3. The van der Waals surface area contributed by atoms with Crippen molar-refractivity contribution in [2.75, 3.05) is 18.1 Å².